The Morgan fingerprint density at radius 1 is 1.48 bits per heavy atom. The highest BCUT2D eigenvalue weighted by Gasteiger charge is 2.17. The number of thiophene rings is 1. The smallest absolute Gasteiger partial charge is 0.224 e. The van der Waals surface area contributed by atoms with Gasteiger partial charge in [-0.15, -0.1) is 11.3 Å². The Balaban J connectivity index is 2.02. The van der Waals surface area contributed by atoms with Crippen molar-refractivity contribution in [3.8, 4) is 0 Å². The molecule has 0 fully saturated rings. The summed E-state index contributed by atoms with van der Waals surface area (Å²) < 4.78 is 6.28. The zero-order chi connectivity index (χ0) is 15.0. The lowest BCUT2D eigenvalue weighted by molar-refractivity contribution is 0.518. The lowest BCUT2D eigenvalue weighted by Crippen LogP contribution is -2.03. The van der Waals surface area contributed by atoms with Crippen LogP contribution in [0.5, 0.6) is 0 Å². The fourth-order valence-corrected chi connectivity index (χ4v) is 3.55. The second-order valence-electron chi connectivity index (χ2n) is 4.83. The molecule has 0 unspecified atom stereocenters. The van der Waals surface area contributed by atoms with Crippen molar-refractivity contribution in [3.05, 3.63) is 39.9 Å². The molecule has 0 spiro atoms. The lowest BCUT2D eigenvalue weighted by atomic mass is 10.2. The summed E-state index contributed by atoms with van der Waals surface area (Å²) in [5.41, 5.74) is 7.93. The number of aryl methyl sites for hydroxylation is 1. The van der Waals surface area contributed by atoms with Crippen molar-refractivity contribution < 1.29 is 4.42 Å². The second kappa shape index (κ2) is 5.63. The van der Waals surface area contributed by atoms with E-state index in [9.17, 15) is 0 Å². The summed E-state index contributed by atoms with van der Waals surface area (Å²) in [6.45, 7) is 4.51. The van der Waals surface area contributed by atoms with Gasteiger partial charge in [-0.2, -0.15) is 4.98 Å². The van der Waals surface area contributed by atoms with Gasteiger partial charge in [-0.1, -0.05) is 0 Å². The number of furan rings is 1. The largest absolute Gasteiger partial charge is 0.467 e. The maximum Gasteiger partial charge on any atom is 0.224 e. The van der Waals surface area contributed by atoms with E-state index in [1.807, 2.05) is 26.0 Å². The van der Waals surface area contributed by atoms with E-state index in [1.54, 1.807) is 17.6 Å². The van der Waals surface area contributed by atoms with Crippen LogP contribution in [0.25, 0.3) is 10.2 Å². The average Bonchev–Trinajstić information content (AvgIpc) is 3.05. The summed E-state index contributed by atoms with van der Waals surface area (Å²) in [5.74, 6) is 1.54. The summed E-state index contributed by atoms with van der Waals surface area (Å²) in [7, 11) is 0. The van der Waals surface area contributed by atoms with Gasteiger partial charge in [-0.3, -0.25) is 0 Å². The first-order valence-corrected chi connectivity index (χ1v) is 7.74. The van der Waals surface area contributed by atoms with Crippen LogP contribution in [0.1, 0.15) is 29.2 Å². The molecule has 3 aromatic heterocycles. The summed E-state index contributed by atoms with van der Waals surface area (Å²) in [4.78, 5) is 9.71. The Morgan fingerprint density at radius 2 is 2.29 bits per heavy atom. The van der Waals surface area contributed by atoms with E-state index >= 15 is 0 Å². The molecule has 0 aliphatic heterocycles. The van der Waals surface area contributed by atoms with Gasteiger partial charge in [-0.05, 0) is 43.1 Å². The predicted octanol–water partition coefficient (Wildman–Crippen LogP) is 3.88. The third-order valence-corrected chi connectivity index (χ3v) is 4.86. The first-order chi connectivity index (χ1) is 10.1. The topological polar surface area (TPSA) is 77.0 Å². The number of nitrogens with one attached hydrogen (secondary N) is 1. The van der Waals surface area contributed by atoms with E-state index in [4.69, 9.17) is 21.8 Å². The molecule has 110 valence electrons. The summed E-state index contributed by atoms with van der Waals surface area (Å²) >= 11 is 7.64. The summed E-state index contributed by atoms with van der Waals surface area (Å²) in [6, 6.07) is 3.71. The van der Waals surface area contributed by atoms with Gasteiger partial charge in [0.25, 0.3) is 0 Å². The Labute approximate surface area is 131 Å². The van der Waals surface area contributed by atoms with Gasteiger partial charge in [0.1, 0.15) is 11.6 Å². The number of fused-ring (bicyclic) bond motifs is 1. The van der Waals surface area contributed by atoms with Crippen LogP contribution in [0.3, 0.4) is 0 Å². The number of nitrogens with zero attached hydrogens (tertiary/aromatic N) is 2. The first kappa shape index (κ1) is 14.3. The van der Waals surface area contributed by atoms with Gasteiger partial charge in [0, 0.05) is 10.9 Å². The van der Waals surface area contributed by atoms with Crippen LogP contribution < -0.4 is 11.1 Å². The molecule has 3 aromatic rings. The van der Waals surface area contributed by atoms with Crippen molar-refractivity contribution >= 4 is 39.0 Å². The van der Waals surface area contributed by atoms with Crippen molar-refractivity contribution in [3.63, 3.8) is 0 Å². The van der Waals surface area contributed by atoms with E-state index in [1.165, 1.54) is 0 Å². The first-order valence-electron chi connectivity index (χ1n) is 6.54. The molecule has 21 heavy (non-hydrogen) atoms. The third kappa shape index (κ3) is 2.74. The van der Waals surface area contributed by atoms with Gasteiger partial charge in [0.2, 0.25) is 5.28 Å². The molecule has 0 saturated carbocycles. The molecular weight excluding hydrogens is 308 g/mol. The lowest BCUT2D eigenvalue weighted by Gasteiger charge is -2.05. The maximum absolute atomic E-state index is 6.03. The minimum absolute atomic E-state index is 0.0408. The van der Waals surface area contributed by atoms with E-state index in [-0.39, 0.29) is 11.3 Å². The van der Waals surface area contributed by atoms with Crippen LogP contribution in [0.15, 0.2) is 22.8 Å². The molecule has 0 aromatic carbocycles. The molecule has 0 aliphatic rings. The van der Waals surface area contributed by atoms with Crippen molar-refractivity contribution in [2.24, 2.45) is 5.73 Å². The average molecular weight is 323 g/mol. The number of hydrogen-bond acceptors (Lipinski definition) is 6. The minimum Gasteiger partial charge on any atom is -0.467 e. The van der Waals surface area contributed by atoms with Crippen molar-refractivity contribution in [1.29, 1.82) is 0 Å². The fraction of sp³-hybridized carbons (Fsp3) is 0.286. The summed E-state index contributed by atoms with van der Waals surface area (Å²) in [5, 5.41) is 3.47. The van der Waals surface area contributed by atoms with Crippen LogP contribution in [-0.4, -0.2) is 9.97 Å². The number of rotatable bonds is 4. The minimum atomic E-state index is -0.0408. The molecule has 3 rings (SSSR count). The monoisotopic (exact) mass is 322 g/mol. The normalized spacial score (nSPS) is 12.8. The number of anilines is 1. The van der Waals surface area contributed by atoms with E-state index < -0.39 is 0 Å². The highest BCUT2D eigenvalue weighted by atomic mass is 35.5. The Morgan fingerprint density at radius 3 is 2.95 bits per heavy atom. The Bertz CT molecular complexity index is 767. The number of nitrogens with two attached hydrogens (primary N) is 1. The van der Waals surface area contributed by atoms with Gasteiger partial charge >= 0.3 is 0 Å². The molecule has 0 amide bonds. The van der Waals surface area contributed by atoms with Gasteiger partial charge in [0.05, 0.1) is 23.0 Å². The van der Waals surface area contributed by atoms with Gasteiger partial charge < -0.3 is 15.5 Å². The third-order valence-electron chi connectivity index (χ3n) is 3.20. The van der Waals surface area contributed by atoms with Crippen molar-refractivity contribution in [2.45, 2.75) is 26.4 Å². The van der Waals surface area contributed by atoms with Crippen molar-refractivity contribution in [2.75, 3.05) is 5.32 Å². The Hall–Kier alpha value is -1.63. The second-order valence-corrected chi connectivity index (χ2v) is 6.22. The quantitative estimate of drug-likeness (QED) is 0.713. The molecule has 7 heteroatoms. The van der Waals surface area contributed by atoms with Crippen LogP contribution in [0.4, 0.5) is 5.82 Å². The van der Waals surface area contributed by atoms with Crippen LogP contribution in [0, 0.1) is 6.92 Å². The van der Waals surface area contributed by atoms with Gasteiger partial charge in [-0.25, -0.2) is 4.98 Å². The fourth-order valence-electron chi connectivity index (χ4n) is 2.22. The van der Waals surface area contributed by atoms with Crippen molar-refractivity contribution in [1.82, 2.24) is 9.97 Å². The van der Waals surface area contributed by atoms with E-state index in [0.717, 1.165) is 26.4 Å². The SMILES string of the molecule is Cc1c([C@@H](C)N)sc2c(NCc3ccco3)nc(Cl)nc12. The molecule has 0 aliphatic carbocycles. The number of aromatic nitrogens is 2. The highest BCUT2D eigenvalue weighted by Crippen LogP contribution is 2.37. The van der Waals surface area contributed by atoms with Gasteiger partial charge in [0.15, 0.2) is 0 Å². The maximum atomic E-state index is 6.03. The zero-order valence-electron chi connectivity index (χ0n) is 11.7. The molecule has 0 radical (unpaired) electrons. The Kier molecular flexibility index (Phi) is 3.84. The highest BCUT2D eigenvalue weighted by molar-refractivity contribution is 7.19. The standard InChI is InChI=1S/C14H15ClN4OS/c1-7-10-12(21-11(7)8(2)16)13(19-14(15)18-10)17-6-9-4-3-5-20-9/h3-5,8H,6,16H2,1-2H3,(H,17,18,19)/t8-/m1/s1. The van der Waals surface area contributed by atoms with Crippen LogP contribution in [-0.2, 0) is 6.54 Å². The van der Waals surface area contributed by atoms with Crippen LogP contribution in [0.2, 0.25) is 5.28 Å². The molecule has 5 nitrogen and oxygen atoms in total. The molecule has 3 N–H and O–H groups in total. The molecular formula is C14H15ClN4OS. The van der Waals surface area contributed by atoms with Crippen LogP contribution >= 0.6 is 22.9 Å². The molecule has 0 saturated heterocycles. The number of halogens is 1. The summed E-state index contributed by atoms with van der Waals surface area (Å²) in [6.07, 6.45) is 1.64. The molecule has 1 atom stereocenters. The number of hydrogen-bond donors (Lipinski definition) is 2. The van der Waals surface area contributed by atoms with E-state index in [2.05, 4.69) is 15.3 Å². The zero-order valence-corrected chi connectivity index (χ0v) is 13.3. The predicted molar refractivity (Wildman–Crippen MR) is 85.8 cm³/mol. The molecule has 0 bridgehead atoms. The van der Waals surface area contributed by atoms with E-state index in [0.29, 0.717) is 12.4 Å². The molecule has 3 heterocycles.